The van der Waals surface area contributed by atoms with Gasteiger partial charge in [0.25, 0.3) is 5.91 Å². The molecule has 130 valence electrons. The maximum Gasteiger partial charge on any atom is 0.277 e. The topological polar surface area (TPSA) is 58.1 Å². The average molecular weight is 365 g/mol. The van der Waals surface area contributed by atoms with Gasteiger partial charge in [-0.3, -0.25) is 4.79 Å². The van der Waals surface area contributed by atoms with Crippen molar-refractivity contribution in [2.45, 2.75) is 13.0 Å². The largest absolute Gasteiger partial charge is 0.350 e. The number of nitrogens with one attached hydrogen (secondary N) is 1. The molecule has 0 fully saturated rings. The van der Waals surface area contributed by atoms with Crippen LogP contribution in [0.2, 0.25) is 5.02 Å². The van der Waals surface area contributed by atoms with Crippen LogP contribution in [-0.2, 0) is 13.0 Å². The van der Waals surface area contributed by atoms with E-state index in [1.54, 1.807) is 17.2 Å². The molecule has 26 heavy (non-hydrogen) atoms. The Kier molecular flexibility index (Phi) is 4.54. The van der Waals surface area contributed by atoms with Gasteiger partial charge in [0.1, 0.15) is 5.69 Å². The van der Waals surface area contributed by atoms with Gasteiger partial charge in [-0.05, 0) is 35.7 Å². The van der Waals surface area contributed by atoms with Crippen LogP contribution in [0.5, 0.6) is 0 Å². The smallest absolute Gasteiger partial charge is 0.277 e. The summed E-state index contributed by atoms with van der Waals surface area (Å²) in [5.41, 5.74) is 3.47. The SMILES string of the molecule is O=C(c1ccnc(NCc2ccccc2Cl)n1)N1CCc2ccccc21. The molecular weight excluding hydrogens is 348 g/mol. The van der Waals surface area contributed by atoms with Crippen molar-refractivity contribution in [3.63, 3.8) is 0 Å². The third-order valence-electron chi connectivity index (χ3n) is 4.40. The maximum atomic E-state index is 12.9. The van der Waals surface area contributed by atoms with Gasteiger partial charge in [-0.25, -0.2) is 9.97 Å². The lowest BCUT2D eigenvalue weighted by atomic mass is 10.2. The van der Waals surface area contributed by atoms with Crippen molar-refractivity contribution in [1.82, 2.24) is 9.97 Å². The maximum absolute atomic E-state index is 12.9. The van der Waals surface area contributed by atoms with Crippen molar-refractivity contribution >= 4 is 29.1 Å². The summed E-state index contributed by atoms with van der Waals surface area (Å²) in [6.45, 7) is 1.16. The molecule has 1 amide bonds. The lowest BCUT2D eigenvalue weighted by molar-refractivity contribution is 0.0984. The number of hydrogen-bond acceptors (Lipinski definition) is 4. The van der Waals surface area contributed by atoms with Crippen molar-refractivity contribution in [3.8, 4) is 0 Å². The summed E-state index contributed by atoms with van der Waals surface area (Å²) in [7, 11) is 0. The summed E-state index contributed by atoms with van der Waals surface area (Å²) >= 11 is 6.16. The molecule has 5 nitrogen and oxygen atoms in total. The van der Waals surface area contributed by atoms with E-state index in [0.29, 0.717) is 29.8 Å². The van der Waals surface area contributed by atoms with E-state index in [0.717, 1.165) is 17.7 Å². The van der Waals surface area contributed by atoms with Crippen molar-refractivity contribution in [2.75, 3.05) is 16.8 Å². The Morgan fingerprint density at radius 2 is 1.92 bits per heavy atom. The minimum Gasteiger partial charge on any atom is -0.350 e. The first kappa shape index (κ1) is 16.5. The van der Waals surface area contributed by atoms with E-state index in [4.69, 9.17) is 11.6 Å². The average Bonchev–Trinajstić information content (AvgIpc) is 3.11. The van der Waals surface area contributed by atoms with E-state index in [2.05, 4.69) is 21.4 Å². The molecule has 0 aliphatic carbocycles. The summed E-state index contributed by atoms with van der Waals surface area (Å²) in [5.74, 6) is 0.293. The third kappa shape index (κ3) is 3.26. The second-order valence-corrected chi connectivity index (χ2v) is 6.45. The highest BCUT2D eigenvalue weighted by Gasteiger charge is 2.26. The van der Waals surface area contributed by atoms with Crippen LogP contribution >= 0.6 is 11.6 Å². The van der Waals surface area contributed by atoms with Crippen LogP contribution in [-0.4, -0.2) is 22.4 Å². The number of amides is 1. The molecule has 1 aromatic heterocycles. The molecule has 3 aromatic rings. The summed E-state index contributed by atoms with van der Waals surface area (Å²) in [5, 5.41) is 3.81. The zero-order valence-corrected chi connectivity index (χ0v) is 14.8. The van der Waals surface area contributed by atoms with Crippen molar-refractivity contribution < 1.29 is 4.79 Å². The zero-order valence-electron chi connectivity index (χ0n) is 14.0. The van der Waals surface area contributed by atoms with Crippen molar-refractivity contribution in [3.05, 3.63) is 82.6 Å². The molecule has 4 rings (SSSR count). The van der Waals surface area contributed by atoms with Crippen LogP contribution in [0.4, 0.5) is 11.6 Å². The van der Waals surface area contributed by atoms with E-state index in [-0.39, 0.29) is 5.91 Å². The Hall–Kier alpha value is -2.92. The number of fused-ring (bicyclic) bond motifs is 1. The Morgan fingerprint density at radius 3 is 2.81 bits per heavy atom. The van der Waals surface area contributed by atoms with Crippen LogP contribution in [0.25, 0.3) is 0 Å². The number of halogens is 1. The predicted octanol–water partition coefficient (Wildman–Crippen LogP) is 3.95. The van der Waals surface area contributed by atoms with E-state index in [1.165, 1.54) is 5.56 Å². The Morgan fingerprint density at radius 1 is 1.12 bits per heavy atom. The molecule has 1 aliphatic heterocycles. The van der Waals surface area contributed by atoms with E-state index in [9.17, 15) is 4.79 Å². The van der Waals surface area contributed by atoms with Gasteiger partial charge in [0, 0.05) is 30.0 Å². The Bertz CT molecular complexity index is 960. The van der Waals surface area contributed by atoms with E-state index < -0.39 is 0 Å². The van der Waals surface area contributed by atoms with Gasteiger partial charge in [0.05, 0.1) is 0 Å². The first-order valence-electron chi connectivity index (χ1n) is 8.42. The lowest BCUT2D eigenvalue weighted by Gasteiger charge is -2.17. The van der Waals surface area contributed by atoms with Crippen molar-refractivity contribution in [2.24, 2.45) is 0 Å². The first-order chi connectivity index (χ1) is 12.7. The number of carbonyl (C=O) groups excluding carboxylic acids is 1. The van der Waals surface area contributed by atoms with Crippen LogP contribution in [0.15, 0.2) is 60.8 Å². The molecule has 2 heterocycles. The zero-order chi connectivity index (χ0) is 17.9. The number of carbonyl (C=O) groups is 1. The van der Waals surface area contributed by atoms with Gasteiger partial charge >= 0.3 is 0 Å². The second-order valence-electron chi connectivity index (χ2n) is 6.05. The van der Waals surface area contributed by atoms with Gasteiger partial charge in [0.2, 0.25) is 5.95 Å². The van der Waals surface area contributed by atoms with E-state index in [1.807, 2.05) is 42.5 Å². The van der Waals surface area contributed by atoms with Gasteiger partial charge in [-0.1, -0.05) is 48.0 Å². The highest BCUT2D eigenvalue weighted by Crippen LogP contribution is 2.28. The number of aromatic nitrogens is 2. The molecular formula is C20H17ClN4O. The fourth-order valence-corrected chi connectivity index (χ4v) is 3.27. The predicted molar refractivity (Wildman–Crippen MR) is 103 cm³/mol. The number of para-hydroxylation sites is 1. The van der Waals surface area contributed by atoms with Crippen LogP contribution < -0.4 is 10.2 Å². The van der Waals surface area contributed by atoms with Gasteiger partial charge in [0.15, 0.2) is 0 Å². The summed E-state index contributed by atoms with van der Waals surface area (Å²) in [6.07, 6.45) is 2.46. The van der Waals surface area contributed by atoms with Crippen LogP contribution in [0, 0.1) is 0 Å². The Labute approximate surface area is 156 Å². The Balaban J connectivity index is 1.51. The quantitative estimate of drug-likeness (QED) is 0.761. The van der Waals surface area contributed by atoms with Gasteiger partial charge in [-0.15, -0.1) is 0 Å². The molecule has 0 unspecified atom stereocenters. The second kappa shape index (κ2) is 7.14. The monoisotopic (exact) mass is 364 g/mol. The third-order valence-corrected chi connectivity index (χ3v) is 4.77. The fourth-order valence-electron chi connectivity index (χ4n) is 3.07. The molecule has 0 saturated carbocycles. The minimum atomic E-state index is -0.113. The molecule has 0 radical (unpaired) electrons. The van der Waals surface area contributed by atoms with Crippen LogP contribution in [0.1, 0.15) is 21.6 Å². The molecule has 1 N–H and O–H groups in total. The van der Waals surface area contributed by atoms with E-state index >= 15 is 0 Å². The van der Waals surface area contributed by atoms with Crippen molar-refractivity contribution in [1.29, 1.82) is 0 Å². The molecule has 0 saturated heterocycles. The summed E-state index contributed by atoms with van der Waals surface area (Å²) < 4.78 is 0. The molecule has 1 aliphatic rings. The molecule has 2 aromatic carbocycles. The van der Waals surface area contributed by atoms with Gasteiger partial charge < -0.3 is 10.2 Å². The highest BCUT2D eigenvalue weighted by atomic mass is 35.5. The van der Waals surface area contributed by atoms with Crippen LogP contribution in [0.3, 0.4) is 0 Å². The number of rotatable bonds is 4. The molecule has 0 bridgehead atoms. The van der Waals surface area contributed by atoms with Gasteiger partial charge in [-0.2, -0.15) is 0 Å². The lowest BCUT2D eigenvalue weighted by Crippen LogP contribution is -2.29. The first-order valence-corrected chi connectivity index (χ1v) is 8.80. The molecule has 0 atom stereocenters. The number of nitrogens with zero attached hydrogens (tertiary/aromatic N) is 3. The molecule has 0 spiro atoms. The number of anilines is 2. The fraction of sp³-hybridized carbons (Fsp3) is 0.150. The minimum absolute atomic E-state index is 0.113. The molecule has 6 heteroatoms. The standard InChI is InChI=1S/C20H17ClN4O/c21-16-7-3-1-6-15(16)13-23-20-22-11-9-17(24-20)19(26)25-12-10-14-5-2-4-8-18(14)25/h1-9,11H,10,12-13H2,(H,22,23,24). The number of hydrogen-bond donors (Lipinski definition) is 1. The summed E-state index contributed by atoms with van der Waals surface area (Å²) in [4.78, 5) is 23.2. The highest BCUT2D eigenvalue weighted by molar-refractivity contribution is 6.31. The number of benzene rings is 2. The summed E-state index contributed by atoms with van der Waals surface area (Å²) in [6, 6.07) is 17.2. The normalized spacial score (nSPS) is 12.7.